The highest BCUT2D eigenvalue weighted by atomic mass is 16.6. The van der Waals surface area contributed by atoms with Crippen LogP contribution in [0.3, 0.4) is 0 Å². The molecule has 0 bridgehead atoms. The molecule has 37 heavy (non-hydrogen) atoms. The lowest BCUT2D eigenvalue weighted by Gasteiger charge is -2.32. The summed E-state index contributed by atoms with van der Waals surface area (Å²) >= 11 is 0. The Morgan fingerprint density at radius 2 is 1.78 bits per heavy atom. The molecule has 1 saturated heterocycles. The van der Waals surface area contributed by atoms with Crippen molar-refractivity contribution in [3.63, 3.8) is 0 Å². The molecule has 0 saturated carbocycles. The Balaban J connectivity index is 2.30. The third kappa shape index (κ3) is 10.3. The fourth-order valence-electron chi connectivity index (χ4n) is 3.80. The minimum Gasteiger partial charge on any atom is -0.465 e. The third-order valence-corrected chi connectivity index (χ3v) is 5.34. The lowest BCUT2D eigenvalue weighted by atomic mass is 9.96. The van der Waals surface area contributed by atoms with Gasteiger partial charge in [0.25, 0.3) is 0 Å². The van der Waals surface area contributed by atoms with Crippen molar-refractivity contribution in [3.8, 4) is 0 Å². The standard InChI is InChI=1S/C26H40N4O7/c1-7-35-23(32)21(29-30-13-14-36-25(30)34)19(15-17(2)3)27-22(31)20(16-18-11-9-8-10-12-18)28-24(33)37-26(4,5)6/h8-12,17,19-21,29H,7,13-16H2,1-6H3,(H,27,31)(H,28,33)/t19?,20-,21?/m0/s1. The summed E-state index contributed by atoms with van der Waals surface area (Å²) in [6.07, 6.45) is -0.743. The highest BCUT2D eigenvalue weighted by Gasteiger charge is 2.37. The monoisotopic (exact) mass is 520 g/mol. The molecule has 2 unspecified atom stereocenters. The van der Waals surface area contributed by atoms with Crippen molar-refractivity contribution < 1.29 is 33.4 Å². The zero-order valence-corrected chi connectivity index (χ0v) is 22.5. The summed E-state index contributed by atoms with van der Waals surface area (Å²) in [5, 5.41) is 6.77. The second kappa shape index (κ2) is 13.8. The maximum absolute atomic E-state index is 13.6. The molecule has 1 aliphatic rings. The van der Waals surface area contributed by atoms with Gasteiger partial charge in [0.05, 0.1) is 19.2 Å². The smallest absolute Gasteiger partial charge is 0.424 e. The highest BCUT2D eigenvalue weighted by molar-refractivity contribution is 5.87. The van der Waals surface area contributed by atoms with E-state index in [9.17, 15) is 19.2 Å². The van der Waals surface area contributed by atoms with Crippen LogP contribution in [0.1, 0.15) is 53.5 Å². The van der Waals surface area contributed by atoms with Crippen LogP contribution >= 0.6 is 0 Å². The third-order valence-electron chi connectivity index (χ3n) is 5.34. The van der Waals surface area contributed by atoms with E-state index >= 15 is 0 Å². The summed E-state index contributed by atoms with van der Waals surface area (Å²) in [5.41, 5.74) is 2.96. The number of ether oxygens (including phenoxy) is 3. The number of carbonyl (C=O) groups is 4. The van der Waals surface area contributed by atoms with Gasteiger partial charge in [0.1, 0.15) is 24.3 Å². The zero-order valence-electron chi connectivity index (χ0n) is 22.5. The number of cyclic esters (lactones) is 1. The number of esters is 1. The molecular formula is C26H40N4O7. The predicted molar refractivity (Wildman–Crippen MR) is 136 cm³/mol. The van der Waals surface area contributed by atoms with Crippen molar-refractivity contribution >= 4 is 24.1 Å². The topological polar surface area (TPSA) is 135 Å². The number of benzene rings is 1. The van der Waals surface area contributed by atoms with E-state index in [0.29, 0.717) is 6.42 Å². The van der Waals surface area contributed by atoms with Crippen molar-refractivity contribution in [2.24, 2.45) is 5.92 Å². The summed E-state index contributed by atoms with van der Waals surface area (Å²) < 4.78 is 15.6. The molecule has 2 rings (SSSR count). The van der Waals surface area contributed by atoms with Gasteiger partial charge >= 0.3 is 18.2 Å². The quantitative estimate of drug-likeness (QED) is 0.283. The predicted octanol–water partition coefficient (Wildman–Crippen LogP) is 2.54. The molecule has 3 amide bonds. The van der Waals surface area contributed by atoms with Gasteiger partial charge in [-0.3, -0.25) is 9.59 Å². The van der Waals surface area contributed by atoms with Crippen molar-refractivity contribution in [3.05, 3.63) is 35.9 Å². The zero-order chi connectivity index (χ0) is 27.6. The van der Waals surface area contributed by atoms with Crippen LogP contribution in [0.25, 0.3) is 0 Å². The van der Waals surface area contributed by atoms with Gasteiger partial charge in [0, 0.05) is 6.42 Å². The van der Waals surface area contributed by atoms with Crippen LogP contribution in [0.2, 0.25) is 0 Å². The average Bonchev–Trinajstić information content (AvgIpc) is 3.20. The average molecular weight is 521 g/mol. The molecule has 3 N–H and O–H groups in total. The summed E-state index contributed by atoms with van der Waals surface area (Å²) in [7, 11) is 0. The Morgan fingerprint density at radius 3 is 2.32 bits per heavy atom. The molecule has 206 valence electrons. The second-order valence-corrected chi connectivity index (χ2v) is 10.3. The van der Waals surface area contributed by atoms with E-state index in [1.807, 2.05) is 44.2 Å². The number of hydrogen-bond acceptors (Lipinski definition) is 8. The fourth-order valence-corrected chi connectivity index (χ4v) is 3.80. The first-order chi connectivity index (χ1) is 17.4. The molecule has 11 nitrogen and oxygen atoms in total. The molecular weight excluding hydrogens is 480 g/mol. The van der Waals surface area contributed by atoms with E-state index in [4.69, 9.17) is 14.2 Å². The molecule has 0 aromatic heterocycles. The lowest BCUT2D eigenvalue weighted by Crippen LogP contribution is -2.62. The first-order valence-electron chi connectivity index (χ1n) is 12.6. The number of nitrogens with one attached hydrogen (secondary N) is 3. The maximum Gasteiger partial charge on any atom is 0.424 e. The van der Waals surface area contributed by atoms with Gasteiger partial charge in [0.2, 0.25) is 5.91 Å². The molecule has 0 aliphatic carbocycles. The van der Waals surface area contributed by atoms with Crippen LogP contribution < -0.4 is 16.1 Å². The number of rotatable bonds is 12. The van der Waals surface area contributed by atoms with Gasteiger partial charge in [-0.05, 0) is 45.6 Å². The maximum atomic E-state index is 13.6. The number of carbonyl (C=O) groups excluding carboxylic acids is 4. The fraction of sp³-hybridized carbons (Fsp3) is 0.615. The number of amides is 3. The lowest BCUT2D eigenvalue weighted by molar-refractivity contribution is -0.148. The number of nitrogens with zero attached hydrogens (tertiary/aromatic N) is 1. The minimum atomic E-state index is -1.06. The van der Waals surface area contributed by atoms with E-state index in [0.717, 1.165) is 5.56 Å². The van der Waals surface area contributed by atoms with Crippen molar-refractivity contribution in [2.75, 3.05) is 19.8 Å². The molecule has 3 atom stereocenters. The van der Waals surface area contributed by atoms with Gasteiger partial charge < -0.3 is 24.8 Å². The summed E-state index contributed by atoms with van der Waals surface area (Å²) in [4.78, 5) is 51.1. The summed E-state index contributed by atoms with van der Waals surface area (Å²) in [6.45, 7) is 11.3. The van der Waals surface area contributed by atoms with E-state index in [-0.39, 0.29) is 32.1 Å². The van der Waals surface area contributed by atoms with Crippen LogP contribution in [0, 0.1) is 5.92 Å². The molecule has 0 spiro atoms. The van der Waals surface area contributed by atoms with E-state index in [1.54, 1.807) is 27.7 Å². The molecule has 11 heteroatoms. The Morgan fingerprint density at radius 1 is 1.11 bits per heavy atom. The number of alkyl carbamates (subject to hydrolysis) is 1. The van der Waals surface area contributed by atoms with Crippen molar-refractivity contribution in [1.82, 2.24) is 21.1 Å². The minimum absolute atomic E-state index is 0.0842. The van der Waals surface area contributed by atoms with Crippen molar-refractivity contribution in [2.45, 2.75) is 78.1 Å². The van der Waals surface area contributed by atoms with E-state index in [2.05, 4.69) is 16.1 Å². The van der Waals surface area contributed by atoms with E-state index in [1.165, 1.54) is 5.01 Å². The SMILES string of the molecule is CCOC(=O)C(NN1CCOC1=O)C(CC(C)C)NC(=O)[C@H](Cc1ccccc1)NC(=O)OC(C)(C)C. The van der Waals surface area contributed by atoms with Crippen LogP contribution in [0.4, 0.5) is 9.59 Å². The molecule has 0 radical (unpaired) electrons. The number of hydrazine groups is 1. The Kier molecular flexibility index (Phi) is 11.2. The van der Waals surface area contributed by atoms with Gasteiger partial charge in [-0.1, -0.05) is 44.2 Å². The van der Waals surface area contributed by atoms with Crippen LogP contribution in [-0.4, -0.2) is 72.6 Å². The first-order valence-corrected chi connectivity index (χ1v) is 12.6. The molecule has 1 fully saturated rings. The van der Waals surface area contributed by atoms with Gasteiger partial charge in [0.15, 0.2) is 0 Å². The highest BCUT2D eigenvalue weighted by Crippen LogP contribution is 2.14. The largest absolute Gasteiger partial charge is 0.465 e. The molecule has 1 aromatic rings. The summed E-state index contributed by atoms with van der Waals surface area (Å²) in [6, 6.07) is 6.46. The van der Waals surface area contributed by atoms with Crippen LogP contribution in [0.5, 0.6) is 0 Å². The van der Waals surface area contributed by atoms with Crippen LogP contribution in [0.15, 0.2) is 30.3 Å². The molecule has 1 aromatic carbocycles. The van der Waals surface area contributed by atoms with Crippen LogP contribution in [-0.2, 0) is 30.2 Å². The Labute approximate surface area is 218 Å². The molecule has 1 aliphatic heterocycles. The van der Waals surface area contributed by atoms with Crippen molar-refractivity contribution in [1.29, 1.82) is 0 Å². The number of hydrogen-bond donors (Lipinski definition) is 3. The first kappa shape index (κ1) is 29.9. The normalized spacial score (nSPS) is 16.0. The second-order valence-electron chi connectivity index (χ2n) is 10.3. The van der Waals surface area contributed by atoms with Gasteiger partial charge in [-0.15, -0.1) is 0 Å². The van der Waals surface area contributed by atoms with Gasteiger partial charge in [-0.2, -0.15) is 0 Å². The Hall–Kier alpha value is -3.34. The van der Waals surface area contributed by atoms with E-state index < -0.39 is 47.8 Å². The summed E-state index contributed by atoms with van der Waals surface area (Å²) in [5.74, 6) is -1.03. The van der Waals surface area contributed by atoms with Gasteiger partial charge in [-0.25, -0.2) is 20.0 Å². The Bertz CT molecular complexity index is 917. The molecule has 1 heterocycles.